The minimum absolute atomic E-state index is 0.447. The van der Waals surface area contributed by atoms with E-state index in [1.165, 1.54) is 17.7 Å². The first-order valence-electron chi connectivity index (χ1n) is 5.86. The number of allylic oxidation sites excluding steroid dienone is 1. The van der Waals surface area contributed by atoms with Gasteiger partial charge in [0.15, 0.2) is 5.25 Å². The molecule has 0 spiro atoms. The largest absolute Gasteiger partial charge is 0.152 e. The Kier molecular flexibility index (Phi) is 2.44. The lowest BCUT2D eigenvalue weighted by molar-refractivity contribution is 0.871. The average molecular weight is 229 g/mol. The molecule has 2 heterocycles. The van der Waals surface area contributed by atoms with Crippen LogP contribution in [0.1, 0.15) is 36.6 Å². The van der Waals surface area contributed by atoms with Crippen molar-refractivity contribution >= 4 is 17.0 Å². The van der Waals surface area contributed by atoms with Crippen molar-refractivity contribution in [3.63, 3.8) is 0 Å². The zero-order chi connectivity index (χ0) is 11.1. The number of benzene rings is 1. The van der Waals surface area contributed by atoms with Crippen molar-refractivity contribution in [3.8, 4) is 0 Å². The molecule has 2 aliphatic heterocycles. The van der Waals surface area contributed by atoms with Gasteiger partial charge < -0.3 is 0 Å². The monoisotopic (exact) mass is 229 g/mol. The van der Waals surface area contributed by atoms with Crippen LogP contribution in [0, 0.1) is 0 Å². The molecule has 16 heavy (non-hydrogen) atoms. The van der Waals surface area contributed by atoms with Crippen molar-refractivity contribution < 1.29 is 0 Å². The van der Waals surface area contributed by atoms with Gasteiger partial charge in [0, 0.05) is 22.9 Å². The summed E-state index contributed by atoms with van der Waals surface area (Å²) in [6, 6.07) is 8.88. The van der Waals surface area contributed by atoms with Crippen LogP contribution in [0.4, 0.5) is 0 Å². The molecule has 0 aliphatic carbocycles. The van der Waals surface area contributed by atoms with Crippen LogP contribution in [-0.4, -0.2) is 5.75 Å². The Morgan fingerprint density at radius 3 is 2.81 bits per heavy atom. The lowest BCUT2D eigenvalue weighted by atomic mass is 9.97. The molecule has 2 atom stereocenters. The van der Waals surface area contributed by atoms with E-state index in [4.69, 9.17) is 0 Å². The Labute approximate surface area is 100 Å². The van der Waals surface area contributed by atoms with Crippen LogP contribution in [-0.2, 0) is 10.9 Å². The molecule has 0 nitrogen and oxygen atoms in total. The number of hydrogen-bond donors (Lipinski definition) is 0. The summed E-state index contributed by atoms with van der Waals surface area (Å²) in [5.41, 5.74) is 6.23. The van der Waals surface area contributed by atoms with Gasteiger partial charge in [-0.25, -0.2) is 0 Å². The summed E-state index contributed by atoms with van der Waals surface area (Å²) in [6.45, 7) is 4.60. The maximum atomic E-state index is 2.45. The highest BCUT2D eigenvalue weighted by atomic mass is 32.2. The van der Waals surface area contributed by atoms with Crippen molar-refractivity contribution in [2.24, 2.45) is 0 Å². The van der Waals surface area contributed by atoms with Crippen LogP contribution < -0.4 is 0 Å². The maximum Gasteiger partial charge on any atom is 0.152 e. The fourth-order valence-electron chi connectivity index (χ4n) is 2.57. The Balaban J connectivity index is 2.06. The summed E-state index contributed by atoms with van der Waals surface area (Å²) in [5, 5.41) is 3.20. The molecule has 2 aliphatic rings. The Morgan fingerprint density at radius 2 is 1.94 bits per heavy atom. The topological polar surface area (TPSA) is 0 Å². The third-order valence-electron chi connectivity index (χ3n) is 3.73. The highest BCUT2D eigenvalue weighted by molar-refractivity contribution is 8.00. The highest BCUT2D eigenvalue weighted by Crippen LogP contribution is 2.42. The van der Waals surface area contributed by atoms with E-state index in [-0.39, 0.29) is 0 Å². The zero-order valence-corrected chi connectivity index (χ0v) is 10.7. The summed E-state index contributed by atoms with van der Waals surface area (Å²) in [6.07, 6.45) is 3.58. The van der Waals surface area contributed by atoms with E-state index >= 15 is 0 Å². The van der Waals surface area contributed by atoms with Crippen molar-refractivity contribution in [2.45, 2.75) is 25.5 Å². The lowest BCUT2D eigenvalue weighted by Gasteiger charge is -2.27. The first kappa shape index (κ1) is 10.2. The lowest BCUT2D eigenvalue weighted by Crippen LogP contribution is -2.24. The molecule has 1 heteroatoms. The SMILES string of the molecule is CC1=C(C)C[S+]2C=Cc3ccccc3C2C1. The van der Waals surface area contributed by atoms with E-state index in [1.54, 1.807) is 16.7 Å². The van der Waals surface area contributed by atoms with Crippen LogP contribution in [0.5, 0.6) is 0 Å². The second kappa shape index (κ2) is 3.81. The van der Waals surface area contributed by atoms with Crippen molar-refractivity contribution in [2.75, 3.05) is 5.75 Å². The molecule has 3 rings (SSSR count). The quantitative estimate of drug-likeness (QED) is 0.464. The van der Waals surface area contributed by atoms with Gasteiger partial charge in [0.25, 0.3) is 0 Å². The van der Waals surface area contributed by atoms with Gasteiger partial charge in [-0.1, -0.05) is 29.8 Å². The summed E-state index contributed by atoms with van der Waals surface area (Å²) >= 11 is 0. The van der Waals surface area contributed by atoms with Crippen LogP contribution in [0.15, 0.2) is 40.8 Å². The van der Waals surface area contributed by atoms with Gasteiger partial charge >= 0.3 is 0 Å². The second-order valence-electron chi connectivity index (χ2n) is 4.80. The molecule has 0 bridgehead atoms. The third kappa shape index (κ3) is 1.54. The predicted molar refractivity (Wildman–Crippen MR) is 73.4 cm³/mol. The molecule has 0 radical (unpaired) electrons. The molecule has 0 fully saturated rings. The number of hydrogen-bond acceptors (Lipinski definition) is 0. The van der Waals surface area contributed by atoms with Crippen molar-refractivity contribution in [3.05, 3.63) is 51.9 Å². The summed E-state index contributed by atoms with van der Waals surface area (Å²) in [4.78, 5) is 0. The summed E-state index contributed by atoms with van der Waals surface area (Å²) in [5.74, 6) is 1.28. The van der Waals surface area contributed by atoms with Crippen LogP contribution in [0.3, 0.4) is 0 Å². The van der Waals surface area contributed by atoms with E-state index in [0.29, 0.717) is 10.9 Å². The first-order valence-corrected chi connectivity index (χ1v) is 7.38. The van der Waals surface area contributed by atoms with Crippen molar-refractivity contribution in [1.29, 1.82) is 0 Å². The number of fused-ring (bicyclic) bond motifs is 3. The van der Waals surface area contributed by atoms with Gasteiger partial charge in [-0.3, -0.25) is 0 Å². The third-order valence-corrected chi connectivity index (χ3v) is 6.14. The van der Waals surface area contributed by atoms with Gasteiger partial charge in [-0.05, 0) is 31.1 Å². The molecule has 0 saturated heterocycles. The van der Waals surface area contributed by atoms with Gasteiger partial charge in [0.1, 0.15) is 11.2 Å². The highest BCUT2D eigenvalue weighted by Gasteiger charge is 2.38. The summed E-state index contributed by atoms with van der Waals surface area (Å²) in [7, 11) is 0.447. The molecule has 0 aromatic heterocycles. The van der Waals surface area contributed by atoms with Gasteiger partial charge in [0.05, 0.1) is 0 Å². The fourth-order valence-corrected chi connectivity index (χ4v) is 5.13. The molecule has 1 aromatic carbocycles. The molecule has 0 saturated carbocycles. The van der Waals surface area contributed by atoms with E-state index in [1.807, 2.05) is 0 Å². The Hall–Kier alpha value is -0.950. The molecule has 82 valence electrons. The average Bonchev–Trinajstić information content (AvgIpc) is 2.31. The molecule has 1 aromatic rings. The zero-order valence-electron chi connectivity index (χ0n) is 9.86. The van der Waals surface area contributed by atoms with E-state index in [2.05, 4.69) is 49.6 Å². The van der Waals surface area contributed by atoms with Gasteiger partial charge in [-0.2, -0.15) is 0 Å². The standard InChI is InChI=1S/C15H17S/c1-11-9-15-14-6-4-3-5-13(14)7-8-16(15)10-12(11)2/h3-8,15H,9-10H2,1-2H3/q+1. The second-order valence-corrected chi connectivity index (χ2v) is 6.87. The minimum Gasteiger partial charge on any atom is -0.0644 e. The fraction of sp³-hybridized carbons (Fsp3) is 0.333. The smallest absolute Gasteiger partial charge is 0.0644 e. The van der Waals surface area contributed by atoms with E-state index in [0.717, 1.165) is 5.25 Å². The van der Waals surface area contributed by atoms with E-state index < -0.39 is 0 Å². The minimum atomic E-state index is 0.447. The Morgan fingerprint density at radius 1 is 1.12 bits per heavy atom. The number of rotatable bonds is 0. The van der Waals surface area contributed by atoms with Crippen molar-refractivity contribution in [1.82, 2.24) is 0 Å². The van der Waals surface area contributed by atoms with Crippen LogP contribution in [0.25, 0.3) is 6.08 Å². The molecule has 0 amide bonds. The Bertz CT molecular complexity index is 482. The normalized spacial score (nSPS) is 27.6. The molecular weight excluding hydrogens is 212 g/mol. The maximum absolute atomic E-state index is 2.45. The molecule has 2 unspecified atom stereocenters. The van der Waals surface area contributed by atoms with Crippen LogP contribution >= 0.6 is 0 Å². The first-order chi connectivity index (χ1) is 7.75. The molecular formula is C15H17S+. The summed E-state index contributed by atoms with van der Waals surface area (Å²) < 4.78 is 0. The van der Waals surface area contributed by atoms with Gasteiger partial charge in [-0.15, -0.1) is 0 Å². The van der Waals surface area contributed by atoms with E-state index in [9.17, 15) is 0 Å². The van der Waals surface area contributed by atoms with Gasteiger partial charge in [0.2, 0.25) is 0 Å². The predicted octanol–water partition coefficient (Wildman–Crippen LogP) is 4.07. The molecule has 0 N–H and O–H groups in total. The van der Waals surface area contributed by atoms with Crippen LogP contribution in [0.2, 0.25) is 0 Å².